The van der Waals surface area contributed by atoms with Crippen molar-refractivity contribution in [2.45, 2.75) is 38.1 Å². The van der Waals surface area contributed by atoms with Gasteiger partial charge in [0.15, 0.2) is 0 Å². The van der Waals surface area contributed by atoms with Gasteiger partial charge in [-0.25, -0.2) is 0 Å². The Morgan fingerprint density at radius 3 is 2.62 bits per heavy atom. The van der Waals surface area contributed by atoms with E-state index >= 15 is 0 Å². The number of H-pyrrole nitrogens is 1. The van der Waals surface area contributed by atoms with Crippen molar-refractivity contribution in [2.24, 2.45) is 0 Å². The SMILES string of the molecule is O=C(NC1CCCCC1)c1ccc(-c2nccc3[nH]ccc23)cc1. The zero-order valence-electron chi connectivity index (χ0n) is 13.6. The van der Waals surface area contributed by atoms with Crippen LogP contribution in [0.4, 0.5) is 0 Å². The van der Waals surface area contributed by atoms with Gasteiger partial charge in [0.2, 0.25) is 0 Å². The lowest BCUT2D eigenvalue weighted by Gasteiger charge is -2.22. The largest absolute Gasteiger partial charge is 0.361 e. The molecule has 2 heterocycles. The molecule has 0 bridgehead atoms. The van der Waals surface area contributed by atoms with Gasteiger partial charge in [-0.05, 0) is 37.1 Å². The summed E-state index contributed by atoms with van der Waals surface area (Å²) in [5, 5.41) is 4.25. The smallest absolute Gasteiger partial charge is 0.251 e. The molecule has 4 heteroatoms. The minimum absolute atomic E-state index is 0.0289. The van der Waals surface area contributed by atoms with Crippen LogP contribution in [-0.2, 0) is 0 Å². The topological polar surface area (TPSA) is 57.8 Å². The van der Waals surface area contributed by atoms with Crippen LogP contribution >= 0.6 is 0 Å². The van der Waals surface area contributed by atoms with Gasteiger partial charge in [0.25, 0.3) is 5.91 Å². The molecule has 1 aliphatic carbocycles. The van der Waals surface area contributed by atoms with E-state index in [9.17, 15) is 4.79 Å². The highest BCUT2D eigenvalue weighted by Gasteiger charge is 2.16. The first kappa shape index (κ1) is 14.9. The predicted molar refractivity (Wildman–Crippen MR) is 95.9 cm³/mol. The first-order chi connectivity index (χ1) is 11.8. The normalized spacial score (nSPS) is 15.5. The number of nitrogens with one attached hydrogen (secondary N) is 2. The molecule has 1 aromatic carbocycles. The predicted octanol–water partition coefficient (Wildman–Crippen LogP) is 4.29. The number of benzene rings is 1. The number of hydrogen-bond acceptors (Lipinski definition) is 2. The highest BCUT2D eigenvalue weighted by Crippen LogP contribution is 2.26. The van der Waals surface area contributed by atoms with Crippen molar-refractivity contribution in [1.82, 2.24) is 15.3 Å². The van der Waals surface area contributed by atoms with Gasteiger partial charge in [-0.2, -0.15) is 0 Å². The minimum atomic E-state index is 0.0289. The summed E-state index contributed by atoms with van der Waals surface area (Å²) in [5.41, 5.74) is 3.74. The second-order valence-corrected chi connectivity index (χ2v) is 6.48. The molecule has 2 N–H and O–H groups in total. The number of rotatable bonds is 3. The van der Waals surface area contributed by atoms with E-state index in [1.807, 2.05) is 42.6 Å². The fourth-order valence-electron chi connectivity index (χ4n) is 3.51. The highest BCUT2D eigenvalue weighted by atomic mass is 16.1. The number of fused-ring (bicyclic) bond motifs is 1. The van der Waals surface area contributed by atoms with Gasteiger partial charge in [0.1, 0.15) is 0 Å². The summed E-state index contributed by atoms with van der Waals surface area (Å²) in [6.45, 7) is 0. The molecule has 4 nitrogen and oxygen atoms in total. The molecule has 122 valence electrons. The molecule has 0 aliphatic heterocycles. The number of carbonyl (C=O) groups is 1. The van der Waals surface area contributed by atoms with Gasteiger partial charge in [-0.1, -0.05) is 31.4 Å². The van der Waals surface area contributed by atoms with Crippen LogP contribution in [0, 0.1) is 0 Å². The highest BCUT2D eigenvalue weighted by molar-refractivity contribution is 5.96. The van der Waals surface area contributed by atoms with Gasteiger partial charge < -0.3 is 10.3 Å². The molecular weight excluding hydrogens is 298 g/mol. The van der Waals surface area contributed by atoms with E-state index in [-0.39, 0.29) is 5.91 Å². The molecule has 3 aromatic rings. The van der Waals surface area contributed by atoms with Crippen LogP contribution in [0.2, 0.25) is 0 Å². The number of nitrogens with zero attached hydrogens (tertiary/aromatic N) is 1. The number of carbonyl (C=O) groups excluding carboxylic acids is 1. The Bertz CT molecular complexity index is 845. The van der Waals surface area contributed by atoms with E-state index in [1.165, 1.54) is 19.3 Å². The number of hydrogen-bond donors (Lipinski definition) is 2. The molecule has 0 radical (unpaired) electrons. The van der Waals surface area contributed by atoms with Gasteiger partial charge in [0.05, 0.1) is 5.69 Å². The van der Waals surface area contributed by atoms with Crippen molar-refractivity contribution in [1.29, 1.82) is 0 Å². The molecule has 4 rings (SSSR count). The Morgan fingerprint density at radius 2 is 1.83 bits per heavy atom. The maximum absolute atomic E-state index is 12.4. The summed E-state index contributed by atoms with van der Waals surface area (Å²) in [7, 11) is 0. The summed E-state index contributed by atoms with van der Waals surface area (Å²) in [6.07, 6.45) is 9.65. The average molecular weight is 319 g/mol. The molecule has 24 heavy (non-hydrogen) atoms. The molecule has 0 saturated heterocycles. The Morgan fingerprint density at radius 1 is 1.04 bits per heavy atom. The lowest BCUT2D eigenvalue weighted by molar-refractivity contribution is 0.0928. The number of aromatic nitrogens is 2. The van der Waals surface area contributed by atoms with Crippen LogP contribution in [0.5, 0.6) is 0 Å². The summed E-state index contributed by atoms with van der Waals surface area (Å²) >= 11 is 0. The minimum Gasteiger partial charge on any atom is -0.361 e. The second kappa shape index (κ2) is 6.48. The van der Waals surface area contributed by atoms with Crippen LogP contribution in [0.1, 0.15) is 42.5 Å². The molecule has 0 atom stereocenters. The van der Waals surface area contributed by atoms with Gasteiger partial charge in [-0.15, -0.1) is 0 Å². The van der Waals surface area contributed by atoms with E-state index < -0.39 is 0 Å². The Labute approximate surface area is 141 Å². The fraction of sp³-hybridized carbons (Fsp3) is 0.300. The molecule has 2 aromatic heterocycles. The van der Waals surface area contributed by atoms with Crippen LogP contribution in [-0.4, -0.2) is 21.9 Å². The third-order valence-corrected chi connectivity index (χ3v) is 4.84. The summed E-state index contributed by atoms with van der Waals surface area (Å²) in [4.78, 5) is 20.1. The first-order valence-corrected chi connectivity index (χ1v) is 8.65. The third kappa shape index (κ3) is 2.92. The first-order valence-electron chi connectivity index (χ1n) is 8.65. The third-order valence-electron chi connectivity index (χ3n) is 4.84. The van der Waals surface area contributed by atoms with Crippen molar-refractivity contribution in [3.8, 4) is 11.3 Å². The molecule has 1 amide bonds. The lowest BCUT2D eigenvalue weighted by Crippen LogP contribution is -2.36. The summed E-state index contributed by atoms with van der Waals surface area (Å²) in [6, 6.07) is 12.1. The van der Waals surface area contributed by atoms with Crippen molar-refractivity contribution in [3.63, 3.8) is 0 Å². The van der Waals surface area contributed by atoms with Crippen molar-refractivity contribution >= 4 is 16.8 Å². The fourth-order valence-corrected chi connectivity index (χ4v) is 3.51. The Kier molecular flexibility index (Phi) is 4.03. The Balaban J connectivity index is 1.54. The van der Waals surface area contributed by atoms with Crippen LogP contribution in [0.3, 0.4) is 0 Å². The molecular formula is C20H21N3O. The summed E-state index contributed by atoms with van der Waals surface area (Å²) in [5.74, 6) is 0.0289. The number of pyridine rings is 1. The number of amides is 1. The molecule has 0 unspecified atom stereocenters. The zero-order valence-corrected chi connectivity index (χ0v) is 13.6. The molecule has 1 fully saturated rings. The average Bonchev–Trinajstić information content (AvgIpc) is 3.11. The maximum Gasteiger partial charge on any atom is 0.251 e. The van der Waals surface area contributed by atoms with E-state index in [0.717, 1.165) is 35.0 Å². The monoisotopic (exact) mass is 319 g/mol. The van der Waals surface area contributed by atoms with Gasteiger partial charge >= 0.3 is 0 Å². The van der Waals surface area contributed by atoms with E-state index in [1.54, 1.807) is 6.20 Å². The van der Waals surface area contributed by atoms with Gasteiger partial charge in [0, 0.05) is 40.5 Å². The van der Waals surface area contributed by atoms with Crippen molar-refractivity contribution in [2.75, 3.05) is 0 Å². The van der Waals surface area contributed by atoms with E-state index in [2.05, 4.69) is 15.3 Å². The van der Waals surface area contributed by atoms with Crippen molar-refractivity contribution in [3.05, 3.63) is 54.4 Å². The molecule has 1 aliphatic rings. The quantitative estimate of drug-likeness (QED) is 0.756. The lowest BCUT2D eigenvalue weighted by atomic mass is 9.95. The number of aromatic amines is 1. The molecule has 1 saturated carbocycles. The molecule has 0 spiro atoms. The Hall–Kier alpha value is -2.62. The van der Waals surface area contributed by atoms with Crippen LogP contribution < -0.4 is 5.32 Å². The summed E-state index contributed by atoms with van der Waals surface area (Å²) < 4.78 is 0. The standard InChI is InChI=1S/C20H21N3O/c24-20(23-16-4-2-1-3-5-16)15-8-6-14(7-9-15)19-17-10-12-21-18(17)11-13-22-19/h6-13,16,21H,1-5H2,(H,23,24). The van der Waals surface area contributed by atoms with E-state index in [4.69, 9.17) is 0 Å². The van der Waals surface area contributed by atoms with Crippen LogP contribution in [0.15, 0.2) is 48.8 Å². The maximum atomic E-state index is 12.4. The zero-order chi connectivity index (χ0) is 16.4. The van der Waals surface area contributed by atoms with Gasteiger partial charge in [-0.3, -0.25) is 9.78 Å². The van der Waals surface area contributed by atoms with Crippen molar-refractivity contribution < 1.29 is 4.79 Å². The van der Waals surface area contributed by atoms with E-state index in [0.29, 0.717) is 11.6 Å². The second-order valence-electron chi connectivity index (χ2n) is 6.48. The van der Waals surface area contributed by atoms with Crippen LogP contribution in [0.25, 0.3) is 22.2 Å².